The average molecular weight is 272 g/mol. The molecule has 1 heterocycles. The van der Waals surface area contributed by atoms with E-state index in [1.54, 1.807) is 0 Å². The van der Waals surface area contributed by atoms with E-state index in [0.29, 0.717) is 11.7 Å². The lowest BCUT2D eigenvalue weighted by atomic mass is 9.64. The maximum atomic E-state index is 6.28. The molecule has 3 heteroatoms. The smallest absolute Gasteiger partial charge is 0.403 e. The van der Waals surface area contributed by atoms with Crippen molar-refractivity contribution in [2.24, 2.45) is 0 Å². The molecular weight excluding hydrogens is 247 g/mol. The summed E-state index contributed by atoms with van der Waals surface area (Å²) in [4.78, 5) is 0. The van der Waals surface area contributed by atoms with Crippen LogP contribution in [-0.2, 0) is 9.31 Å². The lowest BCUT2D eigenvalue weighted by Gasteiger charge is -2.32. The van der Waals surface area contributed by atoms with E-state index in [4.69, 9.17) is 9.31 Å². The summed E-state index contributed by atoms with van der Waals surface area (Å²) in [6.07, 6.45) is 3.73. The monoisotopic (exact) mass is 272 g/mol. The summed E-state index contributed by atoms with van der Waals surface area (Å²) < 4.78 is 12.6. The molecule has 1 saturated heterocycles. The van der Waals surface area contributed by atoms with Gasteiger partial charge in [0, 0.05) is 5.82 Å². The summed E-state index contributed by atoms with van der Waals surface area (Å²) in [6, 6.07) is 10.8. The van der Waals surface area contributed by atoms with Gasteiger partial charge in [-0.2, -0.15) is 0 Å². The van der Waals surface area contributed by atoms with Gasteiger partial charge >= 0.3 is 7.12 Å². The Labute approximate surface area is 123 Å². The molecule has 1 saturated carbocycles. The van der Waals surface area contributed by atoms with Crippen molar-refractivity contribution >= 4 is 7.12 Å². The van der Waals surface area contributed by atoms with E-state index in [-0.39, 0.29) is 18.3 Å². The van der Waals surface area contributed by atoms with Crippen molar-refractivity contribution in [2.75, 3.05) is 0 Å². The Bertz CT molecular complexity index is 453. The van der Waals surface area contributed by atoms with Gasteiger partial charge in [-0.3, -0.25) is 0 Å². The Kier molecular flexibility index (Phi) is 3.46. The predicted molar refractivity (Wildman–Crippen MR) is 82.9 cm³/mol. The summed E-state index contributed by atoms with van der Waals surface area (Å²) in [7, 11) is -0.0623. The third-order valence-corrected chi connectivity index (χ3v) is 5.42. The van der Waals surface area contributed by atoms with Gasteiger partial charge in [0.05, 0.1) is 11.2 Å². The van der Waals surface area contributed by atoms with Gasteiger partial charge in [0.25, 0.3) is 0 Å². The maximum absolute atomic E-state index is 6.28. The second kappa shape index (κ2) is 4.89. The van der Waals surface area contributed by atoms with Gasteiger partial charge in [-0.15, -0.1) is 0 Å². The van der Waals surface area contributed by atoms with Crippen LogP contribution in [0.3, 0.4) is 0 Å². The van der Waals surface area contributed by atoms with Crippen LogP contribution < -0.4 is 0 Å². The Morgan fingerprint density at radius 3 is 2.15 bits per heavy atom. The van der Waals surface area contributed by atoms with Crippen molar-refractivity contribution in [3.05, 3.63) is 35.9 Å². The summed E-state index contributed by atoms with van der Waals surface area (Å²) in [5.41, 5.74) is 0.993. The van der Waals surface area contributed by atoms with Crippen LogP contribution in [0.25, 0.3) is 0 Å². The Morgan fingerprint density at radius 2 is 1.55 bits per heavy atom. The number of hydrogen-bond acceptors (Lipinski definition) is 2. The molecule has 2 fully saturated rings. The van der Waals surface area contributed by atoms with Crippen molar-refractivity contribution in [1.82, 2.24) is 0 Å². The van der Waals surface area contributed by atoms with Crippen LogP contribution in [0.2, 0.25) is 5.82 Å². The SMILES string of the molecule is CC1(C)OB([C@H]2CCC[C@H]2c2ccccc2)OC1(C)C. The quantitative estimate of drug-likeness (QED) is 0.742. The molecular formula is C17H25BO2. The molecule has 108 valence electrons. The van der Waals surface area contributed by atoms with E-state index < -0.39 is 0 Å². The highest BCUT2D eigenvalue weighted by Crippen LogP contribution is 2.50. The molecule has 0 bridgehead atoms. The molecule has 2 aliphatic rings. The molecule has 1 aromatic carbocycles. The van der Waals surface area contributed by atoms with Gasteiger partial charge < -0.3 is 9.31 Å². The molecule has 0 aromatic heterocycles. The van der Waals surface area contributed by atoms with Crippen LogP contribution in [0, 0.1) is 0 Å². The van der Waals surface area contributed by atoms with Crippen LogP contribution in [0.5, 0.6) is 0 Å². The van der Waals surface area contributed by atoms with Crippen molar-refractivity contribution in [2.45, 2.75) is 69.9 Å². The van der Waals surface area contributed by atoms with E-state index in [1.807, 2.05) is 0 Å². The van der Waals surface area contributed by atoms with E-state index in [0.717, 1.165) is 0 Å². The first-order chi connectivity index (χ1) is 9.41. The van der Waals surface area contributed by atoms with Gasteiger partial charge in [-0.25, -0.2) is 0 Å². The minimum atomic E-state index is -0.221. The molecule has 0 radical (unpaired) electrons. The van der Waals surface area contributed by atoms with E-state index >= 15 is 0 Å². The standard InChI is InChI=1S/C17H25BO2/c1-16(2)17(3,4)20-18(19-16)15-12-8-11-14(15)13-9-6-5-7-10-13/h5-7,9-10,14-15H,8,11-12H2,1-4H3/t14-,15-/m0/s1. The topological polar surface area (TPSA) is 18.5 Å². The lowest BCUT2D eigenvalue weighted by Crippen LogP contribution is -2.41. The first kappa shape index (κ1) is 14.2. The number of rotatable bonds is 2. The average Bonchev–Trinajstić information content (AvgIpc) is 2.94. The zero-order chi connectivity index (χ0) is 14.4. The summed E-state index contributed by atoms with van der Waals surface area (Å²) in [5.74, 6) is 1.06. The second-order valence-electron chi connectivity index (χ2n) is 7.24. The summed E-state index contributed by atoms with van der Waals surface area (Å²) in [5, 5.41) is 0. The Hall–Kier alpha value is -0.795. The molecule has 0 amide bonds. The van der Waals surface area contributed by atoms with Crippen molar-refractivity contribution in [1.29, 1.82) is 0 Å². The number of benzene rings is 1. The molecule has 20 heavy (non-hydrogen) atoms. The van der Waals surface area contributed by atoms with E-state index in [1.165, 1.54) is 24.8 Å². The van der Waals surface area contributed by atoms with Gasteiger partial charge in [-0.1, -0.05) is 43.2 Å². The first-order valence-corrected chi connectivity index (χ1v) is 7.81. The fraction of sp³-hybridized carbons (Fsp3) is 0.647. The molecule has 2 nitrogen and oxygen atoms in total. The third kappa shape index (κ3) is 2.31. The molecule has 1 aromatic rings. The van der Waals surface area contributed by atoms with Crippen LogP contribution in [0.15, 0.2) is 30.3 Å². The van der Waals surface area contributed by atoms with Crippen molar-refractivity contribution < 1.29 is 9.31 Å². The zero-order valence-electron chi connectivity index (χ0n) is 13.1. The summed E-state index contributed by atoms with van der Waals surface area (Å²) >= 11 is 0. The molecule has 0 spiro atoms. The molecule has 0 unspecified atom stereocenters. The molecule has 3 rings (SSSR count). The highest BCUT2D eigenvalue weighted by atomic mass is 16.7. The Balaban J connectivity index is 1.81. The normalized spacial score (nSPS) is 31.7. The zero-order valence-corrected chi connectivity index (χ0v) is 13.1. The minimum Gasteiger partial charge on any atom is -0.403 e. The fourth-order valence-corrected chi connectivity index (χ4v) is 3.49. The third-order valence-electron chi connectivity index (χ3n) is 5.42. The van der Waals surface area contributed by atoms with Gasteiger partial charge in [0.1, 0.15) is 0 Å². The molecule has 0 N–H and O–H groups in total. The van der Waals surface area contributed by atoms with Crippen LogP contribution >= 0.6 is 0 Å². The van der Waals surface area contributed by atoms with E-state index in [2.05, 4.69) is 58.0 Å². The first-order valence-electron chi connectivity index (χ1n) is 7.81. The van der Waals surface area contributed by atoms with Crippen molar-refractivity contribution in [3.63, 3.8) is 0 Å². The summed E-state index contributed by atoms with van der Waals surface area (Å²) in [6.45, 7) is 8.55. The highest BCUT2D eigenvalue weighted by molar-refractivity contribution is 6.47. The van der Waals surface area contributed by atoms with Crippen LogP contribution in [0.1, 0.15) is 58.4 Å². The van der Waals surface area contributed by atoms with Gasteiger partial charge in [0.15, 0.2) is 0 Å². The minimum absolute atomic E-state index is 0.0623. The van der Waals surface area contributed by atoms with Crippen LogP contribution in [0.4, 0.5) is 0 Å². The fourth-order valence-electron chi connectivity index (χ4n) is 3.49. The molecule has 2 atom stereocenters. The lowest BCUT2D eigenvalue weighted by molar-refractivity contribution is 0.00578. The van der Waals surface area contributed by atoms with E-state index in [9.17, 15) is 0 Å². The predicted octanol–water partition coefficient (Wildman–Crippen LogP) is 4.42. The second-order valence-corrected chi connectivity index (χ2v) is 7.24. The van der Waals surface area contributed by atoms with Gasteiger partial charge in [0.2, 0.25) is 0 Å². The maximum Gasteiger partial charge on any atom is 0.461 e. The molecule has 1 aliphatic heterocycles. The van der Waals surface area contributed by atoms with Crippen molar-refractivity contribution in [3.8, 4) is 0 Å². The Morgan fingerprint density at radius 1 is 0.950 bits per heavy atom. The van der Waals surface area contributed by atoms with Crippen LogP contribution in [-0.4, -0.2) is 18.3 Å². The van der Waals surface area contributed by atoms with Gasteiger partial charge in [-0.05, 0) is 45.6 Å². The number of hydrogen-bond donors (Lipinski definition) is 0. The molecule has 1 aliphatic carbocycles. The highest BCUT2D eigenvalue weighted by Gasteiger charge is 2.55. The largest absolute Gasteiger partial charge is 0.461 e.